The summed E-state index contributed by atoms with van der Waals surface area (Å²) in [6, 6.07) is 7.56. The van der Waals surface area contributed by atoms with Crippen molar-refractivity contribution >= 4 is 37.1 Å². The number of hydrogen-bond acceptors (Lipinski definition) is 14. The number of amides is 1. The van der Waals surface area contributed by atoms with Crippen LogP contribution in [0.1, 0.15) is 38.2 Å². The molecule has 47 heavy (non-hydrogen) atoms. The van der Waals surface area contributed by atoms with Crippen LogP contribution in [0.25, 0.3) is 0 Å². The number of nitrogens with one attached hydrogen (secondary N) is 2. The number of unbranched alkanes of at least 4 members (excludes halogenated alkanes) is 1. The van der Waals surface area contributed by atoms with Gasteiger partial charge in [0.2, 0.25) is 5.91 Å². The highest BCUT2D eigenvalue weighted by Gasteiger charge is 2.49. The fraction of sp³-hybridized carbons (Fsp3) is 0.690. The lowest BCUT2D eigenvalue weighted by molar-refractivity contribution is -0.270. The summed E-state index contributed by atoms with van der Waals surface area (Å²) in [4.78, 5) is 34.4. The number of benzene rings is 1. The molecule has 1 aliphatic heterocycles. The topological polar surface area (TPSA) is 221 Å². The SMILES string of the molecule is CO[C@H]1C(OP(=O)(O)OC)[C@@H](COC(=O)OCc2ccccc2)C[C@@H]1NC(=S)CCCCO[C@@H]1O[C@H](CO)[C@H](O)[C@H](O)[C@H]1NC(C)=O. The molecule has 0 aromatic heterocycles. The second kappa shape index (κ2) is 19.0. The summed E-state index contributed by atoms with van der Waals surface area (Å²) in [7, 11) is -1.98. The quantitative estimate of drug-likeness (QED) is 0.0573. The summed E-state index contributed by atoms with van der Waals surface area (Å²) in [5.74, 6) is -1.02. The Kier molecular flexibility index (Phi) is 15.9. The number of aliphatic hydroxyl groups excluding tert-OH is 3. The Morgan fingerprint density at radius 3 is 2.43 bits per heavy atom. The predicted molar refractivity (Wildman–Crippen MR) is 168 cm³/mol. The number of phosphoric acid groups is 1. The third-order valence-corrected chi connectivity index (χ3v) is 9.08. The number of carbonyl (C=O) groups excluding carboxylic acids is 2. The zero-order chi connectivity index (χ0) is 34.6. The first kappa shape index (κ1) is 39.2. The van der Waals surface area contributed by atoms with Crippen LogP contribution in [0.4, 0.5) is 4.79 Å². The van der Waals surface area contributed by atoms with Crippen LogP contribution >= 0.6 is 20.0 Å². The fourth-order valence-corrected chi connectivity index (χ4v) is 6.43. The third-order valence-electron chi connectivity index (χ3n) is 7.79. The van der Waals surface area contributed by atoms with Gasteiger partial charge in [0.25, 0.3) is 0 Å². The van der Waals surface area contributed by atoms with E-state index in [0.29, 0.717) is 30.7 Å². The van der Waals surface area contributed by atoms with E-state index < -0.39 is 81.3 Å². The van der Waals surface area contributed by atoms with Gasteiger partial charge < -0.3 is 54.5 Å². The second-order valence-electron chi connectivity index (χ2n) is 11.2. The Hall–Kier alpha value is -2.28. The first-order chi connectivity index (χ1) is 22.4. The van der Waals surface area contributed by atoms with Crippen molar-refractivity contribution < 1.29 is 67.1 Å². The maximum atomic E-state index is 12.3. The fourth-order valence-electron chi connectivity index (χ4n) is 5.45. The normalized spacial score (nSPS) is 30.2. The van der Waals surface area contributed by atoms with E-state index >= 15 is 0 Å². The summed E-state index contributed by atoms with van der Waals surface area (Å²) >= 11 is 5.55. The highest BCUT2D eigenvalue weighted by Crippen LogP contribution is 2.48. The molecular formula is C29H45N2O14PS. The van der Waals surface area contributed by atoms with Crippen molar-refractivity contribution in [1.29, 1.82) is 0 Å². The monoisotopic (exact) mass is 708 g/mol. The standard InChI is InChI=1S/C29H45N2O14PS/c1-17(33)30-23-25(35)24(34)21(14-32)44-28(23)41-12-8-7-11-22(47)31-20-13-19(26(27(20)39-2)45-46(37,38)40-3)16-43-29(36)42-15-18-9-5-4-6-10-18/h4-6,9-10,19-21,23-28,32,34-35H,7-8,11-16H2,1-3H3,(H,30,33)(H,31,47)(H,37,38)/t19-,20+,21-,23-,24+,25-,26?,27-,28-/m1/s1. The second-order valence-corrected chi connectivity index (χ2v) is 13.2. The lowest BCUT2D eigenvalue weighted by Gasteiger charge is -2.42. The Morgan fingerprint density at radius 2 is 1.79 bits per heavy atom. The van der Waals surface area contributed by atoms with E-state index in [9.17, 15) is 34.4 Å². The summed E-state index contributed by atoms with van der Waals surface area (Å²) in [6.45, 7) is 0.697. The number of methoxy groups -OCH3 is 1. The lowest BCUT2D eigenvalue weighted by Crippen LogP contribution is -2.64. The van der Waals surface area contributed by atoms with E-state index in [0.717, 1.165) is 12.7 Å². The number of carbonyl (C=O) groups is 2. The van der Waals surface area contributed by atoms with Crippen molar-refractivity contribution in [2.45, 2.75) is 88.1 Å². The highest BCUT2D eigenvalue weighted by atomic mass is 32.1. The molecule has 1 saturated carbocycles. The van der Waals surface area contributed by atoms with Gasteiger partial charge in [-0.15, -0.1) is 0 Å². The Balaban J connectivity index is 1.51. The molecule has 2 fully saturated rings. The molecule has 3 rings (SSSR count). The Morgan fingerprint density at radius 1 is 1.06 bits per heavy atom. The van der Waals surface area contributed by atoms with Crippen molar-refractivity contribution in [3.05, 3.63) is 35.9 Å². The number of phosphoric ester groups is 1. The van der Waals surface area contributed by atoms with Gasteiger partial charge >= 0.3 is 14.0 Å². The molecule has 0 bridgehead atoms. The van der Waals surface area contributed by atoms with E-state index in [4.69, 9.17) is 40.4 Å². The smallest absolute Gasteiger partial charge is 0.434 e. The number of aliphatic hydroxyl groups is 3. The lowest BCUT2D eigenvalue weighted by atomic mass is 9.97. The summed E-state index contributed by atoms with van der Waals surface area (Å²) in [5, 5.41) is 35.7. The average molecular weight is 709 g/mol. The molecule has 1 saturated heterocycles. The molecule has 18 heteroatoms. The van der Waals surface area contributed by atoms with Crippen LogP contribution in [0.3, 0.4) is 0 Å². The molecule has 1 aromatic rings. The number of rotatable bonds is 17. The summed E-state index contributed by atoms with van der Waals surface area (Å²) < 4.78 is 49.8. The summed E-state index contributed by atoms with van der Waals surface area (Å²) in [6.07, 6.45) is -5.83. The van der Waals surface area contributed by atoms with Crippen LogP contribution in [-0.4, -0.2) is 120 Å². The number of thiocarbonyl (C=S) groups is 1. The van der Waals surface area contributed by atoms with Gasteiger partial charge in [-0.2, -0.15) is 0 Å². The van der Waals surface area contributed by atoms with Gasteiger partial charge in [-0.3, -0.25) is 13.8 Å². The van der Waals surface area contributed by atoms with Crippen molar-refractivity contribution in [2.24, 2.45) is 5.92 Å². The average Bonchev–Trinajstić information content (AvgIpc) is 3.36. The van der Waals surface area contributed by atoms with Gasteiger partial charge in [-0.25, -0.2) is 9.36 Å². The minimum Gasteiger partial charge on any atom is -0.434 e. The maximum absolute atomic E-state index is 12.3. The highest BCUT2D eigenvalue weighted by molar-refractivity contribution is 7.80. The van der Waals surface area contributed by atoms with Crippen LogP contribution < -0.4 is 10.6 Å². The molecule has 1 amide bonds. The van der Waals surface area contributed by atoms with Crippen LogP contribution in [0.15, 0.2) is 30.3 Å². The van der Waals surface area contributed by atoms with Crippen molar-refractivity contribution in [3.63, 3.8) is 0 Å². The van der Waals surface area contributed by atoms with Crippen LogP contribution in [0.5, 0.6) is 0 Å². The summed E-state index contributed by atoms with van der Waals surface area (Å²) in [5.41, 5.74) is 0.780. The molecular weight excluding hydrogens is 663 g/mol. The molecule has 16 nitrogen and oxygen atoms in total. The predicted octanol–water partition coefficient (Wildman–Crippen LogP) is 0.923. The van der Waals surface area contributed by atoms with E-state index in [1.165, 1.54) is 14.0 Å². The number of ether oxygens (including phenoxy) is 5. The van der Waals surface area contributed by atoms with Crippen LogP contribution in [-0.2, 0) is 48.7 Å². The van der Waals surface area contributed by atoms with Gasteiger partial charge in [0.05, 0.1) is 17.6 Å². The first-order valence-corrected chi connectivity index (χ1v) is 17.0. The largest absolute Gasteiger partial charge is 0.508 e. The van der Waals surface area contributed by atoms with Crippen LogP contribution in [0.2, 0.25) is 0 Å². The van der Waals surface area contributed by atoms with Crippen molar-refractivity contribution in [1.82, 2.24) is 10.6 Å². The first-order valence-electron chi connectivity index (χ1n) is 15.1. The molecule has 266 valence electrons. The van der Waals surface area contributed by atoms with Gasteiger partial charge in [-0.1, -0.05) is 42.5 Å². The van der Waals surface area contributed by atoms with E-state index in [-0.39, 0.29) is 19.8 Å². The van der Waals surface area contributed by atoms with Gasteiger partial charge in [0.1, 0.15) is 49.8 Å². The minimum absolute atomic E-state index is 0.0157. The van der Waals surface area contributed by atoms with E-state index in [2.05, 4.69) is 15.2 Å². The molecule has 6 N–H and O–H groups in total. The molecule has 1 aliphatic carbocycles. The molecule has 10 atom stereocenters. The van der Waals surface area contributed by atoms with Crippen LogP contribution in [0, 0.1) is 5.92 Å². The zero-order valence-electron chi connectivity index (χ0n) is 26.5. The molecule has 0 radical (unpaired) electrons. The van der Waals surface area contributed by atoms with Crippen molar-refractivity contribution in [2.75, 3.05) is 34.0 Å². The molecule has 1 aromatic carbocycles. The molecule has 1 heterocycles. The third kappa shape index (κ3) is 12.0. The molecule has 2 unspecified atom stereocenters. The van der Waals surface area contributed by atoms with E-state index in [1.54, 1.807) is 12.1 Å². The Labute approximate surface area is 278 Å². The minimum atomic E-state index is -4.44. The van der Waals surface area contributed by atoms with Gasteiger partial charge in [0.15, 0.2) is 6.29 Å². The molecule has 0 spiro atoms. The van der Waals surface area contributed by atoms with Gasteiger partial charge in [-0.05, 0) is 31.2 Å². The Bertz CT molecular complexity index is 1200. The maximum Gasteiger partial charge on any atom is 0.508 e. The van der Waals surface area contributed by atoms with E-state index in [1.807, 2.05) is 18.2 Å². The molecule has 2 aliphatic rings. The van der Waals surface area contributed by atoms with Crippen molar-refractivity contribution in [3.8, 4) is 0 Å². The zero-order valence-corrected chi connectivity index (χ0v) is 28.2. The number of hydrogen-bond donors (Lipinski definition) is 6. The van der Waals surface area contributed by atoms with Gasteiger partial charge in [0, 0.05) is 33.7 Å².